The van der Waals surface area contributed by atoms with E-state index in [4.69, 9.17) is 26.3 Å². The van der Waals surface area contributed by atoms with E-state index in [1.54, 1.807) is 30.5 Å². The molecule has 2 fully saturated rings. The van der Waals surface area contributed by atoms with E-state index in [0.717, 1.165) is 50.5 Å². The number of anilines is 1. The van der Waals surface area contributed by atoms with Crippen molar-refractivity contribution in [3.8, 4) is 0 Å². The Morgan fingerprint density at radius 1 is 1.20 bits per heavy atom. The molecule has 0 saturated carbocycles. The van der Waals surface area contributed by atoms with E-state index in [0.29, 0.717) is 46.7 Å². The lowest BCUT2D eigenvalue weighted by Gasteiger charge is -2.49. The molecule has 4 rings (SSSR count). The van der Waals surface area contributed by atoms with Crippen LogP contribution < -0.4 is 10.2 Å². The number of hydrogen-bond acceptors (Lipinski definition) is 8. The van der Waals surface area contributed by atoms with Gasteiger partial charge in [0, 0.05) is 67.6 Å². The topological polar surface area (TPSA) is 86.2 Å². The van der Waals surface area contributed by atoms with Crippen molar-refractivity contribution in [2.75, 3.05) is 37.6 Å². The molecule has 1 aromatic heterocycles. The summed E-state index contributed by atoms with van der Waals surface area (Å²) >= 11 is 5.99. The van der Waals surface area contributed by atoms with Gasteiger partial charge in [-0.15, -0.1) is 0 Å². The van der Waals surface area contributed by atoms with Gasteiger partial charge < -0.3 is 19.9 Å². The van der Waals surface area contributed by atoms with E-state index in [1.807, 2.05) is 18.7 Å². The standard InChI is InChI=1S/C30H40ClN7O2/c1-7-32-23(6)40-29(33-8-2)27-17-34-28(22(5)35-27)38-19-20(3)37(18-21(38)4)26-13-15-36(16-14-26)30(39)24-9-11-25(31)12-10-24/h8-12,17,20-21,26,32H,2,6-7,13-16,18-19H2,1,3-5H3/t20-,21+/m0/s1. The summed E-state index contributed by atoms with van der Waals surface area (Å²) in [5.41, 5.74) is 2.03. The molecule has 0 bridgehead atoms. The molecule has 0 unspecified atom stereocenters. The van der Waals surface area contributed by atoms with E-state index in [2.05, 4.69) is 47.1 Å². The Balaban J connectivity index is 1.38. The number of amides is 1. The molecule has 0 aliphatic carbocycles. The van der Waals surface area contributed by atoms with E-state index in [9.17, 15) is 4.79 Å². The van der Waals surface area contributed by atoms with Crippen LogP contribution in [0.3, 0.4) is 0 Å². The summed E-state index contributed by atoms with van der Waals surface area (Å²) in [4.78, 5) is 33.7. The number of piperazine rings is 1. The molecule has 2 saturated heterocycles. The number of carbonyl (C=O) groups is 1. The van der Waals surface area contributed by atoms with Gasteiger partial charge in [-0.05, 0) is 71.4 Å². The van der Waals surface area contributed by atoms with E-state index < -0.39 is 0 Å². The minimum Gasteiger partial charge on any atom is -0.421 e. The molecule has 1 aromatic carbocycles. The number of rotatable bonds is 8. The van der Waals surface area contributed by atoms with Crippen LogP contribution in [-0.4, -0.2) is 82.4 Å². The van der Waals surface area contributed by atoms with Crippen LogP contribution in [0.4, 0.5) is 5.82 Å². The highest BCUT2D eigenvalue weighted by Crippen LogP contribution is 2.28. The lowest BCUT2D eigenvalue weighted by atomic mass is 9.97. The maximum Gasteiger partial charge on any atom is 0.253 e. The Morgan fingerprint density at radius 2 is 1.90 bits per heavy atom. The first kappa shape index (κ1) is 29.6. The summed E-state index contributed by atoms with van der Waals surface area (Å²) in [7, 11) is 0. The molecular formula is C30H40ClN7O2. The molecule has 9 nitrogen and oxygen atoms in total. The van der Waals surface area contributed by atoms with Gasteiger partial charge in [-0.3, -0.25) is 9.69 Å². The van der Waals surface area contributed by atoms with Gasteiger partial charge >= 0.3 is 0 Å². The summed E-state index contributed by atoms with van der Waals surface area (Å²) in [6.07, 6.45) is 5.04. The lowest BCUT2D eigenvalue weighted by molar-refractivity contribution is 0.0479. The van der Waals surface area contributed by atoms with Crippen molar-refractivity contribution in [1.29, 1.82) is 0 Å². The molecule has 10 heteroatoms. The highest BCUT2D eigenvalue weighted by molar-refractivity contribution is 6.30. The van der Waals surface area contributed by atoms with Gasteiger partial charge in [-0.2, -0.15) is 0 Å². The molecule has 40 heavy (non-hydrogen) atoms. The van der Waals surface area contributed by atoms with Crippen LogP contribution >= 0.6 is 11.6 Å². The first-order valence-corrected chi connectivity index (χ1v) is 14.3. The predicted molar refractivity (Wildman–Crippen MR) is 161 cm³/mol. The summed E-state index contributed by atoms with van der Waals surface area (Å²) in [6, 6.07) is 8.19. The third-order valence-electron chi connectivity index (χ3n) is 7.56. The zero-order valence-corrected chi connectivity index (χ0v) is 24.7. The first-order valence-electron chi connectivity index (χ1n) is 13.9. The Hall–Kier alpha value is -3.43. The second-order valence-electron chi connectivity index (χ2n) is 10.4. The van der Waals surface area contributed by atoms with Crippen molar-refractivity contribution in [2.24, 2.45) is 4.99 Å². The number of benzene rings is 1. The summed E-state index contributed by atoms with van der Waals surface area (Å²) < 4.78 is 5.75. The molecule has 2 aliphatic heterocycles. The maximum absolute atomic E-state index is 12.9. The third-order valence-corrected chi connectivity index (χ3v) is 7.81. The number of hydrogen-bond donors (Lipinski definition) is 1. The Morgan fingerprint density at radius 3 is 2.52 bits per heavy atom. The SMILES string of the molecule is C=CN=C(OC(=C)NCC)c1cnc(N2C[C@H](C)N(C3CCN(C(=O)c4ccc(Cl)cc4)CC3)C[C@H]2C)c(C)n1. The Labute approximate surface area is 242 Å². The number of aliphatic imine (C=N–C) groups is 1. The van der Waals surface area contributed by atoms with Crippen molar-refractivity contribution in [1.82, 2.24) is 25.1 Å². The lowest BCUT2D eigenvalue weighted by Crippen LogP contribution is -2.61. The van der Waals surface area contributed by atoms with Crippen molar-refractivity contribution in [2.45, 2.75) is 58.7 Å². The molecule has 0 spiro atoms. The van der Waals surface area contributed by atoms with Gasteiger partial charge in [0.25, 0.3) is 5.91 Å². The zero-order valence-electron chi connectivity index (χ0n) is 23.9. The van der Waals surface area contributed by atoms with Gasteiger partial charge in [-0.25, -0.2) is 15.0 Å². The van der Waals surface area contributed by atoms with Crippen molar-refractivity contribution in [3.05, 3.63) is 77.7 Å². The fourth-order valence-corrected chi connectivity index (χ4v) is 5.70. The minimum absolute atomic E-state index is 0.0801. The molecular weight excluding hydrogens is 526 g/mol. The summed E-state index contributed by atoms with van der Waals surface area (Å²) in [6.45, 7) is 20.0. The highest BCUT2D eigenvalue weighted by Gasteiger charge is 2.36. The molecule has 1 amide bonds. The van der Waals surface area contributed by atoms with Gasteiger partial charge in [0.15, 0.2) is 5.88 Å². The largest absolute Gasteiger partial charge is 0.421 e. The quantitative estimate of drug-likeness (QED) is 0.284. The van der Waals surface area contributed by atoms with Crippen molar-refractivity contribution in [3.63, 3.8) is 0 Å². The molecule has 2 atom stereocenters. The van der Waals surface area contributed by atoms with Crippen LogP contribution in [0.5, 0.6) is 0 Å². The number of piperidine rings is 1. The van der Waals surface area contributed by atoms with E-state index in [-0.39, 0.29) is 11.9 Å². The van der Waals surface area contributed by atoms with Gasteiger partial charge in [0.2, 0.25) is 5.90 Å². The fourth-order valence-electron chi connectivity index (χ4n) is 5.57. The van der Waals surface area contributed by atoms with E-state index >= 15 is 0 Å². The summed E-state index contributed by atoms with van der Waals surface area (Å²) in [5.74, 6) is 1.65. The average molecular weight is 566 g/mol. The van der Waals surface area contributed by atoms with Crippen LogP contribution in [-0.2, 0) is 4.74 Å². The number of halogens is 1. The zero-order chi connectivity index (χ0) is 28.8. The van der Waals surface area contributed by atoms with Crippen molar-refractivity contribution < 1.29 is 9.53 Å². The average Bonchev–Trinajstić information content (AvgIpc) is 2.94. The normalized spacial score (nSPS) is 20.8. The van der Waals surface area contributed by atoms with Crippen LogP contribution in [0.25, 0.3) is 0 Å². The predicted octanol–water partition coefficient (Wildman–Crippen LogP) is 4.63. The van der Waals surface area contributed by atoms with Gasteiger partial charge in [-0.1, -0.05) is 18.2 Å². The number of aryl methyl sites for hydroxylation is 1. The molecule has 1 N–H and O–H groups in total. The van der Waals surface area contributed by atoms with Crippen LogP contribution in [0.1, 0.15) is 55.4 Å². The Bertz CT molecular complexity index is 1240. The Kier molecular flexibility index (Phi) is 9.81. The first-order chi connectivity index (χ1) is 19.2. The number of nitrogens with zero attached hydrogens (tertiary/aromatic N) is 6. The molecule has 0 radical (unpaired) electrons. The van der Waals surface area contributed by atoms with Crippen molar-refractivity contribution >= 4 is 29.2 Å². The van der Waals surface area contributed by atoms with Crippen LogP contribution in [0, 0.1) is 6.92 Å². The number of nitrogens with one attached hydrogen (secondary N) is 1. The van der Waals surface area contributed by atoms with Gasteiger partial charge in [0.05, 0.1) is 11.9 Å². The number of likely N-dealkylation sites (tertiary alicyclic amines) is 1. The molecule has 2 aliphatic rings. The third kappa shape index (κ3) is 6.82. The second-order valence-corrected chi connectivity index (χ2v) is 10.9. The fraction of sp³-hybridized carbons (Fsp3) is 0.467. The number of aromatic nitrogens is 2. The monoisotopic (exact) mass is 565 g/mol. The smallest absolute Gasteiger partial charge is 0.253 e. The maximum atomic E-state index is 12.9. The molecule has 214 valence electrons. The summed E-state index contributed by atoms with van der Waals surface area (Å²) in [5, 5.41) is 3.66. The minimum atomic E-state index is 0.0801. The van der Waals surface area contributed by atoms with Crippen LogP contribution in [0.15, 0.2) is 60.7 Å². The second kappa shape index (κ2) is 13.3. The number of carbonyl (C=O) groups excluding carboxylic acids is 1. The highest BCUT2D eigenvalue weighted by atomic mass is 35.5. The molecule has 2 aromatic rings. The number of ether oxygens (including phenoxy) is 1. The van der Waals surface area contributed by atoms with E-state index in [1.165, 1.54) is 6.20 Å². The van der Waals surface area contributed by atoms with Crippen LogP contribution in [0.2, 0.25) is 5.02 Å². The molecule has 3 heterocycles. The van der Waals surface area contributed by atoms with Gasteiger partial charge in [0.1, 0.15) is 11.5 Å².